The number of amides is 2. The molecule has 0 aliphatic heterocycles. The summed E-state index contributed by atoms with van der Waals surface area (Å²) in [6.07, 6.45) is 4.65. The molecule has 0 spiro atoms. The Labute approximate surface area is 234 Å². The van der Waals surface area contributed by atoms with E-state index >= 15 is 0 Å². The molecule has 200 valence electrons. The van der Waals surface area contributed by atoms with E-state index in [1.807, 2.05) is 81.4 Å². The van der Waals surface area contributed by atoms with E-state index in [4.69, 9.17) is 4.74 Å². The van der Waals surface area contributed by atoms with E-state index in [1.54, 1.807) is 4.90 Å². The minimum atomic E-state index is -0.659. The van der Waals surface area contributed by atoms with Crippen molar-refractivity contribution in [1.82, 2.24) is 10.2 Å². The smallest absolute Gasteiger partial charge is 0.261 e. The van der Waals surface area contributed by atoms with Gasteiger partial charge in [0.05, 0.1) is 0 Å². The molecule has 0 unspecified atom stereocenters. The molecule has 1 N–H and O–H groups in total. The van der Waals surface area contributed by atoms with Crippen LogP contribution in [0.5, 0.6) is 5.75 Å². The van der Waals surface area contributed by atoms with Crippen molar-refractivity contribution in [3.05, 3.63) is 99.0 Å². The van der Waals surface area contributed by atoms with Gasteiger partial charge in [-0.3, -0.25) is 9.59 Å². The lowest BCUT2D eigenvalue weighted by Crippen LogP contribution is -2.53. The van der Waals surface area contributed by atoms with E-state index in [1.165, 1.54) is 0 Å². The second-order valence-corrected chi connectivity index (χ2v) is 11.3. The number of halogens is 1. The molecule has 5 nitrogen and oxygen atoms in total. The van der Waals surface area contributed by atoms with Crippen LogP contribution in [-0.4, -0.2) is 35.4 Å². The zero-order valence-electron chi connectivity index (χ0n) is 22.5. The number of hydrogen-bond acceptors (Lipinski definition) is 3. The summed E-state index contributed by atoms with van der Waals surface area (Å²) in [7, 11) is 0. The molecule has 1 saturated carbocycles. The zero-order chi connectivity index (χ0) is 27.1. The van der Waals surface area contributed by atoms with Crippen LogP contribution in [0.3, 0.4) is 0 Å². The lowest BCUT2D eigenvalue weighted by Gasteiger charge is -2.32. The molecule has 38 heavy (non-hydrogen) atoms. The molecule has 1 aliphatic rings. The van der Waals surface area contributed by atoms with Crippen molar-refractivity contribution in [2.75, 3.05) is 6.61 Å². The van der Waals surface area contributed by atoms with Gasteiger partial charge in [-0.05, 0) is 79.6 Å². The first kappa shape index (κ1) is 27.9. The third kappa shape index (κ3) is 7.47. The molecule has 0 radical (unpaired) electrons. The highest BCUT2D eigenvalue weighted by Gasteiger charge is 2.32. The standard InChI is InChI=1S/C32H37BrN2O3/c1-22-16-23(2)24(3)30(17-22)38-21-31(36)35(20-26-12-9-13-27(33)18-26)29(19-25-10-5-4-6-11-25)32(37)34-28-14-7-8-15-28/h4-6,9-13,16-18,28-29H,7-8,14-15,19-21H2,1-3H3,(H,34,37)/t29-/m1/s1. The molecule has 3 aromatic carbocycles. The molecular formula is C32H37BrN2O3. The summed E-state index contributed by atoms with van der Waals surface area (Å²) < 4.78 is 7.01. The number of carbonyl (C=O) groups excluding carboxylic acids is 2. The maximum absolute atomic E-state index is 13.9. The van der Waals surface area contributed by atoms with Crippen molar-refractivity contribution < 1.29 is 14.3 Å². The highest BCUT2D eigenvalue weighted by atomic mass is 79.9. The van der Waals surface area contributed by atoms with Crippen molar-refractivity contribution >= 4 is 27.7 Å². The molecule has 1 fully saturated rings. The molecule has 0 aromatic heterocycles. The van der Waals surface area contributed by atoms with Crippen molar-refractivity contribution in [3.63, 3.8) is 0 Å². The number of aryl methyl sites for hydroxylation is 2. The monoisotopic (exact) mass is 576 g/mol. The number of rotatable bonds is 10. The van der Waals surface area contributed by atoms with Gasteiger partial charge in [-0.2, -0.15) is 0 Å². The molecule has 0 bridgehead atoms. The summed E-state index contributed by atoms with van der Waals surface area (Å²) in [6, 6.07) is 21.3. The molecule has 1 aliphatic carbocycles. The molecule has 6 heteroatoms. The number of nitrogens with one attached hydrogen (secondary N) is 1. The first-order valence-corrected chi connectivity index (χ1v) is 14.2. The highest BCUT2D eigenvalue weighted by Crippen LogP contribution is 2.24. The molecule has 1 atom stereocenters. The van der Waals surface area contributed by atoms with Gasteiger partial charge in [0.2, 0.25) is 5.91 Å². The second-order valence-electron chi connectivity index (χ2n) is 10.3. The normalized spacial score (nSPS) is 14.2. The van der Waals surface area contributed by atoms with Crippen LogP contribution < -0.4 is 10.1 Å². The average molecular weight is 578 g/mol. The van der Waals surface area contributed by atoms with Gasteiger partial charge in [0.25, 0.3) is 5.91 Å². The average Bonchev–Trinajstić information content (AvgIpc) is 3.41. The van der Waals surface area contributed by atoms with Gasteiger partial charge in [0, 0.05) is 23.5 Å². The quantitative estimate of drug-likeness (QED) is 0.301. The first-order chi connectivity index (χ1) is 18.3. The van der Waals surface area contributed by atoms with Crippen LogP contribution >= 0.6 is 15.9 Å². The van der Waals surface area contributed by atoms with Crippen LogP contribution in [0.25, 0.3) is 0 Å². The molecule has 3 aromatic rings. The maximum Gasteiger partial charge on any atom is 0.261 e. The number of nitrogens with zero attached hydrogens (tertiary/aromatic N) is 1. The van der Waals surface area contributed by atoms with Crippen LogP contribution in [0.15, 0.2) is 71.2 Å². The van der Waals surface area contributed by atoms with Crippen LogP contribution in [-0.2, 0) is 22.6 Å². The largest absolute Gasteiger partial charge is 0.483 e. The first-order valence-electron chi connectivity index (χ1n) is 13.4. The second kappa shape index (κ2) is 13.1. The maximum atomic E-state index is 13.9. The van der Waals surface area contributed by atoms with Crippen LogP contribution in [0, 0.1) is 20.8 Å². The van der Waals surface area contributed by atoms with Crippen LogP contribution in [0.4, 0.5) is 0 Å². The molecule has 0 saturated heterocycles. The molecule has 4 rings (SSSR count). The fourth-order valence-electron chi connectivity index (χ4n) is 5.13. The summed E-state index contributed by atoms with van der Waals surface area (Å²) in [6.45, 7) is 6.23. The summed E-state index contributed by atoms with van der Waals surface area (Å²) in [4.78, 5) is 29.3. The van der Waals surface area contributed by atoms with Gasteiger partial charge in [0.15, 0.2) is 6.61 Å². The van der Waals surface area contributed by atoms with E-state index in [9.17, 15) is 9.59 Å². The van der Waals surface area contributed by atoms with Gasteiger partial charge >= 0.3 is 0 Å². The fourth-order valence-corrected chi connectivity index (χ4v) is 5.57. The Morgan fingerprint density at radius 1 is 0.974 bits per heavy atom. The zero-order valence-corrected chi connectivity index (χ0v) is 24.1. The molecule has 2 amide bonds. The predicted octanol–water partition coefficient (Wildman–Crippen LogP) is 6.45. The van der Waals surface area contributed by atoms with Gasteiger partial charge < -0.3 is 15.0 Å². The SMILES string of the molecule is Cc1cc(C)c(C)c(OCC(=O)N(Cc2cccc(Br)c2)[C@H](Cc2ccccc2)C(=O)NC2CCCC2)c1. The van der Waals surface area contributed by atoms with E-state index in [2.05, 4.69) is 27.3 Å². The predicted molar refractivity (Wildman–Crippen MR) is 155 cm³/mol. The van der Waals surface area contributed by atoms with E-state index in [0.29, 0.717) is 18.7 Å². The Balaban J connectivity index is 1.63. The van der Waals surface area contributed by atoms with Crippen molar-refractivity contribution in [2.24, 2.45) is 0 Å². The van der Waals surface area contributed by atoms with Crippen molar-refractivity contribution in [2.45, 2.75) is 71.5 Å². The third-order valence-corrected chi connectivity index (χ3v) is 7.82. The lowest BCUT2D eigenvalue weighted by atomic mass is 10.0. The van der Waals surface area contributed by atoms with Crippen LogP contribution in [0.2, 0.25) is 0 Å². The Morgan fingerprint density at radius 3 is 2.39 bits per heavy atom. The highest BCUT2D eigenvalue weighted by molar-refractivity contribution is 9.10. The summed E-state index contributed by atoms with van der Waals surface area (Å²) >= 11 is 3.54. The number of ether oxygens (including phenoxy) is 1. The van der Waals surface area contributed by atoms with Crippen molar-refractivity contribution in [1.29, 1.82) is 0 Å². The number of benzene rings is 3. The van der Waals surface area contributed by atoms with Crippen molar-refractivity contribution in [3.8, 4) is 5.75 Å². The summed E-state index contributed by atoms with van der Waals surface area (Å²) in [5, 5.41) is 3.25. The number of carbonyl (C=O) groups is 2. The molecular weight excluding hydrogens is 540 g/mol. The van der Waals surface area contributed by atoms with E-state index in [-0.39, 0.29) is 24.5 Å². The minimum absolute atomic E-state index is 0.105. The van der Waals surface area contributed by atoms with Crippen LogP contribution in [0.1, 0.15) is 53.5 Å². The van der Waals surface area contributed by atoms with Gasteiger partial charge in [-0.25, -0.2) is 0 Å². The van der Waals surface area contributed by atoms with E-state index in [0.717, 1.165) is 58.0 Å². The minimum Gasteiger partial charge on any atom is -0.483 e. The van der Waals surface area contributed by atoms with Gasteiger partial charge in [-0.1, -0.05) is 77.3 Å². The fraction of sp³-hybridized carbons (Fsp3) is 0.375. The number of hydrogen-bond donors (Lipinski definition) is 1. The van der Waals surface area contributed by atoms with Gasteiger partial charge in [0.1, 0.15) is 11.8 Å². The summed E-state index contributed by atoms with van der Waals surface area (Å²) in [5.41, 5.74) is 5.18. The van der Waals surface area contributed by atoms with E-state index < -0.39 is 6.04 Å². The third-order valence-electron chi connectivity index (χ3n) is 7.33. The Bertz CT molecular complexity index is 1250. The lowest BCUT2D eigenvalue weighted by molar-refractivity contribution is -0.143. The van der Waals surface area contributed by atoms with Gasteiger partial charge in [-0.15, -0.1) is 0 Å². The topological polar surface area (TPSA) is 58.6 Å². The Hall–Kier alpha value is -3.12. The Kier molecular flexibility index (Phi) is 9.62. The Morgan fingerprint density at radius 2 is 1.68 bits per heavy atom. The summed E-state index contributed by atoms with van der Waals surface area (Å²) in [5.74, 6) is 0.381. The molecule has 0 heterocycles.